The van der Waals surface area contributed by atoms with Gasteiger partial charge in [-0.05, 0) is 18.6 Å². The summed E-state index contributed by atoms with van der Waals surface area (Å²) >= 11 is 0. The molecule has 0 bridgehead atoms. The zero-order chi connectivity index (χ0) is 25.1. The summed E-state index contributed by atoms with van der Waals surface area (Å²) in [5, 5.41) is 20.4. The summed E-state index contributed by atoms with van der Waals surface area (Å²) in [6, 6.07) is 8.98. The van der Waals surface area contributed by atoms with Crippen LogP contribution >= 0.6 is 15.2 Å². The second kappa shape index (κ2) is 10.8. The summed E-state index contributed by atoms with van der Waals surface area (Å²) in [5.41, 5.74) is 3.67. The van der Waals surface area contributed by atoms with E-state index in [2.05, 4.69) is 15.0 Å². The predicted octanol–water partition coefficient (Wildman–Crippen LogP) is 0.0518. The number of benzene rings is 1. The number of hydrogen-bond acceptors (Lipinski definition) is 10. The number of aryl methyl sites for hydroxylation is 1. The van der Waals surface area contributed by atoms with Crippen LogP contribution in [0.4, 0.5) is 5.82 Å². The molecule has 1 aromatic carbocycles. The minimum absolute atomic E-state index is 0.0833. The lowest BCUT2D eigenvalue weighted by Crippen LogP contribution is -2.36. The van der Waals surface area contributed by atoms with Crippen LogP contribution in [-0.2, 0) is 29.8 Å². The number of rotatable bonds is 10. The summed E-state index contributed by atoms with van der Waals surface area (Å²) in [7, 11) is -9.53. The Morgan fingerprint density at radius 2 is 1.79 bits per heavy atom. The molecule has 3 rings (SSSR count). The molecule has 2 aromatic rings. The highest BCUT2D eigenvalue weighted by molar-refractivity contribution is 7.70. The first kappa shape index (κ1) is 26.6. The van der Waals surface area contributed by atoms with Gasteiger partial charge in [-0.3, -0.25) is 18.5 Å². The van der Waals surface area contributed by atoms with Gasteiger partial charge in [0.05, 0.1) is 13.2 Å². The highest BCUT2D eigenvalue weighted by Gasteiger charge is 2.45. The molecule has 34 heavy (non-hydrogen) atoms. The van der Waals surface area contributed by atoms with Crippen molar-refractivity contribution in [3.05, 3.63) is 58.1 Å². The Morgan fingerprint density at radius 1 is 1.12 bits per heavy atom. The van der Waals surface area contributed by atoms with E-state index in [0.717, 1.165) is 15.7 Å². The molecular formula is C18H25N3O11P2. The SMILES string of the molecule is Cc1ccc(CONc2ccn([C@@H]3O[C@H](COP(=O)(O)CP(=O)(O)O)[C@H](O)C3O)c(=O)n2)cc1. The Balaban J connectivity index is 1.59. The average Bonchev–Trinajstić information content (AvgIpc) is 3.01. The van der Waals surface area contributed by atoms with Gasteiger partial charge in [0, 0.05) is 6.20 Å². The van der Waals surface area contributed by atoms with Gasteiger partial charge in [0.2, 0.25) is 0 Å². The number of ether oxygens (including phenoxy) is 1. The molecule has 2 heterocycles. The lowest BCUT2D eigenvalue weighted by molar-refractivity contribution is -0.0523. The molecule has 1 aromatic heterocycles. The average molecular weight is 521 g/mol. The summed E-state index contributed by atoms with van der Waals surface area (Å²) in [5.74, 6) is -1.33. The third-order valence-corrected chi connectivity index (χ3v) is 8.24. The highest BCUT2D eigenvalue weighted by atomic mass is 31.2. The second-order valence-electron chi connectivity index (χ2n) is 7.66. The molecule has 0 aliphatic carbocycles. The van der Waals surface area contributed by atoms with E-state index in [9.17, 15) is 29.0 Å². The summed E-state index contributed by atoms with van der Waals surface area (Å²) < 4.78 is 33.6. The van der Waals surface area contributed by atoms with E-state index >= 15 is 0 Å². The topological polar surface area (TPSA) is 210 Å². The van der Waals surface area contributed by atoms with Crippen molar-refractivity contribution in [2.24, 2.45) is 0 Å². The Kier molecular flexibility index (Phi) is 8.43. The zero-order valence-corrected chi connectivity index (χ0v) is 19.7. The number of aromatic nitrogens is 2. The van der Waals surface area contributed by atoms with Crippen molar-refractivity contribution in [2.75, 3.05) is 18.0 Å². The van der Waals surface area contributed by atoms with Crippen molar-refractivity contribution >= 4 is 21.0 Å². The molecule has 14 nitrogen and oxygen atoms in total. The first-order valence-electron chi connectivity index (χ1n) is 9.90. The van der Waals surface area contributed by atoms with E-state index in [0.29, 0.717) is 0 Å². The van der Waals surface area contributed by atoms with Gasteiger partial charge in [0.15, 0.2) is 17.9 Å². The van der Waals surface area contributed by atoms with Crippen molar-refractivity contribution in [3.63, 3.8) is 0 Å². The quantitative estimate of drug-likeness (QED) is 0.181. The van der Waals surface area contributed by atoms with Gasteiger partial charge in [-0.15, -0.1) is 0 Å². The molecular weight excluding hydrogens is 496 g/mol. The van der Waals surface area contributed by atoms with Gasteiger partial charge in [0.1, 0.15) is 18.3 Å². The predicted molar refractivity (Wildman–Crippen MR) is 117 cm³/mol. The van der Waals surface area contributed by atoms with Crippen LogP contribution in [0.25, 0.3) is 0 Å². The largest absolute Gasteiger partial charge is 0.387 e. The van der Waals surface area contributed by atoms with E-state index in [1.54, 1.807) is 0 Å². The summed E-state index contributed by atoms with van der Waals surface area (Å²) in [6.45, 7) is 1.40. The van der Waals surface area contributed by atoms with Crippen molar-refractivity contribution in [3.8, 4) is 0 Å². The zero-order valence-electron chi connectivity index (χ0n) is 17.9. The Labute approximate surface area is 193 Å². The lowest BCUT2D eigenvalue weighted by atomic mass is 10.1. The second-order valence-corrected chi connectivity index (χ2v) is 11.7. The van der Waals surface area contributed by atoms with Gasteiger partial charge in [-0.2, -0.15) is 4.98 Å². The first-order chi connectivity index (χ1) is 15.8. The third-order valence-electron chi connectivity index (χ3n) is 4.78. The fourth-order valence-electron chi connectivity index (χ4n) is 3.10. The number of nitrogens with one attached hydrogen (secondary N) is 1. The fraction of sp³-hybridized carbons (Fsp3) is 0.444. The Bertz CT molecular complexity index is 1140. The molecule has 1 fully saturated rings. The molecule has 5 atom stereocenters. The van der Waals surface area contributed by atoms with E-state index < -0.39 is 57.9 Å². The highest BCUT2D eigenvalue weighted by Crippen LogP contribution is 2.55. The third kappa shape index (κ3) is 7.27. The number of aliphatic hydroxyl groups is 2. The van der Waals surface area contributed by atoms with Gasteiger partial charge in [-0.1, -0.05) is 29.8 Å². The molecule has 2 unspecified atom stereocenters. The molecule has 6 N–H and O–H groups in total. The van der Waals surface area contributed by atoms with Crippen LogP contribution in [0.15, 0.2) is 41.3 Å². The molecule has 0 radical (unpaired) electrons. The maximum Gasteiger partial charge on any atom is 0.351 e. The van der Waals surface area contributed by atoms with Crippen LogP contribution < -0.4 is 11.2 Å². The Hall–Kier alpha value is -1.96. The summed E-state index contributed by atoms with van der Waals surface area (Å²) in [6.07, 6.45) is -4.76. The molecule has 1 aliphatic heterocycles. The van der Waals surface area contributed by atoms with Crippen molar-refractivity contribution in [1.82, 2.24) is 9.55 Å². The minimum Gasteiger partial charge on any atom is -0.387 e. The van der Waals surface area contributed by atoms with E-state index in [-0.39, 0.29) is 12.4 Å². The van der Waals surface area contributed by atoms with E-state index in [1.807, 2.05) is 31.2 Å². The monoisotopic (exact) mass is 521 g/mol. The minimum atomic E-state index is -4.84. The molecule has 0 amide bonds. The van der Waals surface area contributed by atoms with Crippen LogP contribution in [0.2, 0.25) is 0 Å². The summed E-state index contributed by atoms with van der Waals surface area (Å²) in [4.78, 5) is 48.7. The van der Waals surface area contributed by atoms with Crippen LogP contribution in [0.1, 0.15) is 17.4 Å². The van der Waals surface area contributed by atoms with Gasteiger partial charge >= 0.3 is 20.9 Å². The maximum absolute atomic E-state index is 12.4. The van der Waals surface area contributed by atoms with Gasteiger partial charge in [-0.25, -0.2) is 10.3 Å². The molecule has 0 spiro atoms. The number of nitrogens with zero attached hydrogens (tertiary/aromatic N) is 2. The molecule has 0 saturated carbocycles. The molecule has 16 heteroatoms. The normalized spacial score (nSPS) is 24.6. The van der Waals surface area contributed by atoms with Crippen LogP contribution in [-0.4, -0.2) is 65.3 Å². The van der Waals surface area contributed by atoms with E-state index in [1.165, 1.54) is 12.3 Å². The maximum atomic E-state index is 12.4. The number of anilines is 1. The van der Waals surface area contributed by atoms with Crippen molar-refractivity contribution < 1.29 is 48.1 Å². The standard InChI is InChI=1S/C18H25N3O11P2/c1-11-2-4-12(5-3-11)8-30-20-14-6-7-21(18(24)19-14)17-16(23)15(22)13(32-17)9-31-34(28,29)10-33(25,26)27/h2-7,13,15-17,22-23H,8-10H2,1H3,(H,28,29)(H,19,20,24)(H2,25,26,27)/t13-,15+,16?,17-/m1/s1. The lowest BCUT2D eigenvalue weighted by Gasteiger charge is -2.18. The smallest absolute Gasteiger partial charge is 0.351 e. The van der Waals surface area contributed by atoms with Crippen LogP contribution in [0.3, 0.4) is 0 Å². The van der Waals surface area contributed by atoms with Crippen molar-refractivity contribution in [1.29, 1.82) is 0 Å². The fourth-order valence-corrected chi connectivity index (χ4v) is 5.67. The number of aliphatic hydroxyl groups excluding tert-OH is 2. The van der Waals surface area contributed by atoms with Gasteiger partial charge < -0.3 is 34.2 Å². The van der Waals surface area contributed by atoms with Gasteiger partial charge in [0.25, 0.3) is 0 Å². The van der Waals surface area contributed by atoms with Crippen molar-refractivity contribution in [2.45, 2.75) is 38.1 Å². The van der Waals surface area contributed by atoms with Crippen LogP contribution in [0, 0.1) is 6.92 Å². The molecule has 1 saturated heterocycles. The Morgan fingerprint density at radius 3 is 2.41 bits per heavy atom. The first-order valence-corrected chi connectivity index (χ1v) is 13.5. The molecule has 188 valence electrons. The van der Waals surface area contributed by atoms with E-state index in [4.69, 9.17) is 19.4 Å². The van der Waals surface area contributed by atoms with Crippen LogP contribution in [0.5, 0.6) is 0 Å². The number of hydrogen-bond donors (Lipinski definition) is 6. The molecule has 1 aliphatic rings.